The number of benzene rings is 3. The van der Waals surface area contributed by atoms with Crippen LogP contribution in [-0.2, 0) is 5.54 Å². The molecule has 6 rings (SSSR count). The minimum Gasteiger partial charge on any atom is -0.455 e. The van der Waals surface area contributed by atoms with Gasteiger partial charge in [0, 0.05) is 29.5 Å². The van der Waals surface area contributed by atoms with Gasteiger partial charge in [-0.2, -0.15) is 5.10 Å². The molecule has 5 aromatic rings. The second-order valence-corrected chi connectivity index (χ2v) is 10.9. The van der Waals surface area contributed by atoms with Crippen LogP contribution in [-0.4, -0.2) is 34.0 Å². The molecule has 2 heterocycles. The van der Waals surface area contributed by atoms with Crippen LogP contribution < -0.4 is 10.6 Å². The average molecular weight is 552 g/mol. The molecule has 41 heavy (non-hydrogen) atoms. The number of H-pyrrole nitrogens is 1. The van der Waals surface area contributed by atoms with E-state index >= 15 is 0 Å². The third kappa shape index (κ3) is 4.77. The number of hydrogen-bond donors (Lipinski definition) is 3. The van der Waals surface area contributed by atoms with Crippen molar-refractivity contribution >= 4 is 22.8 Å². The molecule has 0 radical (unpaired) electrons. The van der Waals surface area contributed by atoms with Crippen LogP contribution in [0.4, 0.5) is 4.39 Å². The monoisotopic (exact) mass is 551 g/mol. The van der Waals surface area contributed by atoms with E-state index in [-0.39, 0.29) is 23.5 Å². The fraction of sp³-hybridized carbons (Fsp3) is 0.250. The van der Waals surface area contributed by atoms with Crippen LogP contribution in [0.5, 0.6) is 0 Å². The van der Waals surface area contributed by atoms with Crippen molar-refractivity contribution in [3.05, 3.63) is 94.8 Å². The van der Waals surface area contributed by atoms with E-state index in [1.807, 2.05) is 51.1 Å². The highest BCUT2D eigenvalue weighted by Crippen LogP contribution is 2.44. The Morgan fingerprint density at radius 1 is 1.00 bits per heavy atom. The zero-order chi connectivity index (χ0) is 28.9. The predicted molar refractivity (Wildman–Crippen MR) is 154 cm³/mol. The number of furan rings is 1. The lowest BCUT2D eigenvalue weighted by Gasteiger charge is -2.15. The van der Waals surface area contributed by atoms with E-state index in [0.29, 0.717) is 39.2 Å². The minimum atomic E-state index is -0.555. The van der Waals surface area contributed by atoms with Crippen LogP contribution in [0, 0.1) is 12.7 Å². The molecule has 208 valence electrons. The molecule has 1 aliphatic rings. The zero-order valence-electron chi connectivity index (χ0n) is 23.3. The number of nitrogens with one attached hydrogen (secondary N) is 3. The normalized spacial score (nSPS) is 13.9. The van der Waals surface area contributed by atoms with Crippen molar-refractivity contribution in [3.63, 3.8) is 0 Å². The Balaban J connectivity index is 1.36. The molecule has 1 fully saturated rings. The van der Waals surface area contributed by atoms with E-state index in [1.165, 1.54) is 12.1 Å². The Bertz CT molecular complexity index is 1800. The molecule has 0 atom stereocenters. The molecule has 0 aliphatic heterocycles. The summed E-state index contributed by atoms with van der Waals surface area (Å²) in [6, 6.07) is 17.0. The van der Waals surface area contributed by atoms with Gasteiger partial charge in [-0.05, 0) is 85.0 Å². The Morgan fingerprint density at radius 3 is 2.39 bits per heavy atom. The van der Waals surface area contributed by atoms with E-state index in [4.69, 9.17) is 4.42 Å². The quantitative estimate of drug-likeness (QED) is 0.222. The standard InChI is InChI=1S/C32H30FN5O3/c1-17(2)28-35-31(38-37-28)32(13-14-32)36-29(39)21-6-5-18(3)23(16-21)20-9-12-25-24(15-20)26(30(40)34-4)27(41-25)19-7-10-22(33)11-8-19/h5-12,15-17H,13-14H2,1-4H3,(H,34,40)(H,36,39)(H,35,37,38). The van der Waals surface area contributed by atoms with Gasteiger partial charge in [0.25, 0.3) is 11.8 Å². The van der Waals surface area contributed by atoms with Crippen molar-refractivity contribution in [2.24, 2.45) is 0 Å². The topological polar surface area (TPSA) is 113 Å². The molecule has 0 saturated heterocycles. The summed E-state index contributed by atoms with van der Waals surface area (Å²) in [6.07, 6.45) is 1.56. The maximum absolute atomic E-state index is 13.6. The SMILES string of the molecule is CNC(=O)c1c(-c2ccc(F)cc2)oc2ccc(-c3cc(C(=O)NC4(c5n[nH]c(C(C)C)n5)CC4)ccc3C)cc12. The summed E-state index contributed by atoms with van der Waals surface area (Å²) in [5.41, 5.74) is 4.11. The summed E-state index contributed by atoms with van der Waals surface area (Å²) in [6.45, 7) is 6.06. The lowest BCUT2D eigenvalue weighted by Crippen LogP contribution is -2.35. The number of nitrogens with zero attached hydrogens (tertiary/aromatic N) is 2. The number of carbonyl (C=O) groups is 2. The molecule has 3 aromatic carbocycles. The number of amides is 2. The van der Waals surface area contributed by atoms with Gasteiger partial charge in [-0.3, -0.25) is 14.7 Å². The average Bonchev–Trinajstić information content (AvgIpc) is 3.39. The number of fused-ring (bicyclic) bond motifs is 1. The van der Waals surface area contributed by atoms with E-state index < -0.39 is 5.54 Å². The summed E-state index contributed by atoms with van der Waals surface area (Å²) in [5, 5.41) is 13.8. The Kier molecular flexibility index (Phi) is 6.44. The number of halogens is 1. The summed E-state index contributed by atoms with van der Waals surface area (Å²) >= 11 is 0. The van der Waals surface area contributed by atoms with Crippen molar-refractivity contribution in [2.45, 2.75) is 45.1 Å². The van der Waals surface area contributed by atoms with E-state index in [9.17, 15) is 14.0 Å². The summed E-state index contributed by atoms with van der Waals surface area (Å²) < 4.78 is 19.7. The van der Waals surface area contributed by atoms with Gasteiger partial charge in [0.2, 0.25) is 0 Å². The Hall–Kier alpha value is -4.79. The summed E-state index contributed by atoms with van der Waals surface area (Å²) in [5.74, 6) is 1.11. The highest BCUT2D eigenvalue weighted by atomic mass is 19.1. The van der Waals surface area contributed by atoms with Gasteiger partial charge >= 0.3 is 0 Å². The maximum atomic E-state index is 13.6. The molecule has 1 saturated carbocycles. The molecule has 2 aromatic heterocycles. The van der Waals surface area contributed by atoms with E-state index in [1.54, 1.807) is 25.2 Å². The van der Waals surface area contributed by atoms with Crippen LogP contribution in [0.3, 0.4) is 0 Å². The van der Waals surface area contributed by atoms with Gasteiger partial charge < -0.3 is 15.1 Å². The first kappa shape index (κ1) is 26.4. The first-order chi connectivity index (χ1) is 19.7. The van der Waals surface area contributed by atoms with Crippen LogP contribution in [0.25, 0.3) is 33.4 Å². The predicted octanol–water partition coefficient (Wildman–Crippen LogP) is 6.23. The van der Waals surface area contributed by atoms with Gasteiger partial charge in [0.05, 0.1) is 5.56 Å². The van der Waals surface area contributed by atoms with Crippen LogP contribution in [0.15, 0.2) is 65.1 Å². The number of aromatic amines is 1. The molecule has 1 aliphatic carbocycles. The molecule has 0 unspecified atom stereocenters. The Labute approximate surface area is 236 Å². The molecule has 2 amide bonds. The highest BCUT2D eigenvalue weighted by molar-refractivity contribution is 6.12. The third-order valence-corrected chi connectivity index (χ3v) is 7.64. The highest BCUT2D eigenvalue weighted by Gasteiger charge is 2.49. The summed E-state index contributed by atoms with van der Waals surface area (Å²) in [4.78, 5) is 31.0. The largest absolute Gasteiger partial charge is 0.455 e. The van der Waals surface area contributed by atoms with Gasteiger partial charge in [0.1, 0.15) is 28.5 Å². The Morgan fingerprint density at radius 2 is 1.73 bits per heavy atom. The fourth-order valence-corrected chi connectivity index (χ4v) is 5.06. The second kappa shape index (κ2) is 9.99. The smallest absolute Gasteiger partial charge is 0.255 e. The van der Waals surface area contributed by atoms with Crippen molar-refractivity contribution in [2.75, 3.05) is 7.05 Å². The van der Waals surface area contributed by atoms with Crippen LogP contribution in [0.2, 0.25) is 0 Å². The van der Waals surface area contributed by atoms with E-state index in [0.717, 1.165) is 35.4 Å². The van der Waals surface area contributed by atoms with Crippen molar-refractivity contribution in [3.8, 4) is 22.5 Å². The number of carbonyl (C=O) groups excluding carboxylic acids is 2. The number of aryl methyl sites for hydroxylation is 1. The van der Waals surface area contributed by atoms with Crippen LogP contribution >= 0.6 is 0 Å². The first-order valence-electron chi connectivity index (χ1n) is 13.6. The van der Waals surface area contributed by atoms with Gasteiger partial charge in [-0.25, -0.2) is 9.37 Å². The molecule has 9 heteroatoms. The molecular weight excluding hydrogens is 521 g/mol. The molecule has 0 bridgehead atoms. The van der Waals surface area contributed by atoms with Crippen molar-refractivity contribution in [1.82, 2.24) is 25.8 Å². The van der Waals surface area contributed by atoms with Gasteiger partial charge in [-0.15, -0.1) is 0 Å². The first-order valence-corrected chi connectivity index (χ1v) is 13.6. The lowest BCUT2D eigenvalue weighted by atomic mass is 9.95. The molecular formula is C32H30FN5O3. The maximum Gasteiger partial charge on any atom is 0.255 e. The summed E-state index contributed by atoms with van der Waals surface area (Å²) in [7, 11) is 1.56. The van der Waals surface area contributed by atoms with Crippen LogP contribution in [0.1, 0.15) is 70.5 Å². The molecule has 8 nitrogen and oxygen atoms in total. The van der Waals surface area contributed by atoms with Gasteiger partial charge in [-0.1, -0.05) is 26.0 Å². The fourth-order valence-electron chi connectivity index (χ4n) is 5.06. The molecule has 0 spiro atoms. The second-order valence-electron chi connectivity index (χ2n) is 10.9. The number of aromatic nitrogens is 3. The number of hydrogen-bond acceptors (Lipinski definition) is 5. The molecule has 3 N–H and O–H groups in total. The minimum absolute atomic E-state index is 0.200. The van der Waals surface area contributed by atoms with Gasteiger partial charge in [0.15, 0.2) is 5.82 Å². The van der Waals surface area contributed by atoms with Crippen molar-refractivity contribution in [1.29, 1.82) is 0 Å². The lowest BCUT2D eigenvalue weighted by molar-refractivity contribution is 0.0927. The number of rotatable bonds is 7. The van der Waals surface area contributed by atoms with E-state index in [2.05, 4.69) is 25.8 Å². The zero-order valence-corrected chi connectivity index (χ0v) is 23.3. The van der Waals surface area contributed by atoms with Crippen molar-refractivity contribution < 1.29 is 18.4 Å². The third-order valence-electron chi connectivity index (χ3n) is 7.64.